The average molecular weight is 465 g/mol. The number of thioether (sulfide) groups is 1. The lowest BCUT2D eigenvalue weighted by molar-refractivity contribution is -0.133. The molecular formula is C24H24N4O4S. The number of allylic oxidation sites excluding steroid dienone is 2. The lowest BCUT2D eigenvalue weighted by atomic mass is 10.1. The van der Waals surface area contributed by atoms with E-state index in [1.165, 1.54) is 6.08 Å². The first-order valence-corrected chi connectivity index (χ1v) is 11.6. The van der Waals surface area contributed by atoms with Crippen molar-refractivity contribution in [2.24, 2.45) is 0 Å². The van der Waals surface area contributed by atoms with E-state index in [2.05, 4.69) is 15.2 Å². The van der Waals surface area contributed by atoms with Crippen molar-refractivity contribution in [2.45, 2.75) is 19.8 Å². The number of imide groups is 1. The summed E-state index contributed by atoms with van der Waals surface area (Å²) < 4.78 is 0. The molecule has 33 heavy (non-hydrogen) atoms. The van der Waals surface area contributed by atoms with Gasteiger partial charge in [0.1, 0.15) is 0 Å². The number of benzene rings is 1. The van der Waals surface area contributed by atoms with Crippen LogP contribution in [0.25, 0.3) is 17.0 Å². The highest BCUT2D eigenvalue weighted by Gasteiger charge is 2.25. The van der Waals surface area contributed by atoms with Crippen LogP contribution in [0.3, 0.4) is 0 Å². The summed E-state index contributed by atoms with van der Waals surface area (Å²) in [6, 6.07) is 7.68. The van der Waals surface area contributed by atoms with Crippen molar-refractivity contribution in [3.05, 3.63) is 53.1 Å². The number of nitrogens with one attached hydrogen (secondary N) is 1. The number of hydrogen-bond acceptors (Lipinski definition) is 7. The number of anilines is 1. The van der Waals surface area contributed by atoms with Crippen LogP contribution in [0.4, 0.5) is 10.5 Å². The number of aromatic nitrogens is 1. The molecule has 2 aromatic rings. The first-order valence-electron chi connectivity index (χ1n) is 10.8. The second kappa shape index (κ2) is 9.99. The Morgan fingerprint density at radius 2 is 1.91 bits per heavy atom. The van der Waals surface area contributed by atoms with Crippen LogP contribution in [0.15, 0.2) is 47.5 Å². The maximum Gasteiger partial charge on any atom is 0.290 e. The molecule has 9 heteroatoms. The van der Waals surface area contributed by atoms with Gasteiger partial charge in [0.25, 0.3) is 11.1 Å². The fourth-order valence-corrected chi connectivity index (χ4v) is 4.62. The lowest BCUT2D eigenvalue weighted by Crippen LogP contribution is -2.48. The predicted octanol–water partition coefficient (Wildman–Crippen LogP) is 3.13. The highest BCUT2D eigenvalue weighted by Crippen LogP contribution is 2.30. The summed E-state index contributed by atoms with van der Waals surface area (Å²) in [5.74, 6) is -0.413. The van der Waals surface area contributed by atoms with Crippen LogP contribution in [0.2, 0.25) is 0 Å². The van der Waals surface area contributed by atoms with Gasteiger partial charge in [0.2, 0.25) is 5.91 Å². The van der Waals surface area contributed by atoms with Gasteiger partial charge in [0.05, 0.1) is 10.4 Å². The quantitative estimate of drug-likeness (QED) is 0.656. The molecule has 0 aliphatic carbocycles. The Balaban J connectivity index is 1.47. The summed E-state index contributed by atoms with van der Waals surface area (Å²) in [6.45, 7) is 4.30. The molecule has 0 spiro atoms. The smallest absolute Gasteiger partial charge is 0.290 e. The Morgan fingerprint density at radius 3 is 2.61 bits per heavy atom. The minimum atomic E-state index is -0.385. The van der Waals surface area contributed by atoms with Gasteiger partial charge in [-0.25, -0.2) is 0 Å². The second-order valence-electron chi connectivity index (χ2n) is 7.79. The normalized spacial score (nSPS) is 17.9. The van der Waals surface area contributed by atoms with E-state index in [9.17, 15) is 19.2 Å². The summed E-state index contributed by atoms with van der Waals surface area (Å²) in [6.07, 6.45) is 7.12. The number of nitrogens with zero attached hydrogens (tertiary/aromatic N) is 3. The van der Waals surface area contributed by atoms with Gasteiger partial charge < -0.3 is 9.80 Å². The number of amides is 3. The third-order valence-corrected chi connectivity index (χ3v) is 6.40. The monoisotopic (exact) mass is 464 g/mol. The summed E-state index contributed by atoms with van der Waals surface area (Å²) >= 11 is 0.891. The number of fused-ring (bicyclic) bond motifs is 1. The maximum atomic E-state index is 12.5. The average Bonchev–Trinajstić information content (AvgIpc) is 3.13. The zero-order chi connectivity index (χ0) is 23.4. The minimum Gasteiger partial charge on any atom is -0.367 e. The molecule has 2 aliphatic rings. The third kappa shape index (κ3) is 5.31. The van der Waals surface area contributed by atoms with Crippen molar-refractivity contribution in [1.29, 1.82) is 0 Å². The maximum absolute atomic E-state index is 12.5. The van der Waals surface area contributed by atoms with Gasteiger partial charge in [-0.05, 0) is 54.6 Å². The standard InChI is InChI=1S/C24H24N4O4S/c1-2-3-17(29)5-7-22(30)28-12-10-27(11-13-28)20-8-9-25-19-6-4-16(14-18(19)20)15-21-23(31)26-24(32)33-21/h2-4,6,8-9,14-15H,5,7,10-13H2,1H3,(H,26,31,32)/b3-2+,21-15-. The molecule has 4 rings (SSSR count). The lowest BCUT2D eigenvalue weighted by Gasteiger charge is -2.36. The van der Waals surface area contributed by atoms with E-state index in [1.54, 1.807) is 25.3 Å². The highest BCUT2D eigenvalue weighted by atomic mass is 32.2. The summed E-state index contributed by atoms with van der Waals surface area (Å²) in [5.41, 5.74) is 2.65. The fourth-order valence-electron chi connectivity index (χ4n) is 3.94. The van der Waals surface area contributed by atoms with E-state index >= 15 is 0 Å². The number of piperazine rings is 1. The number of rotatable bonds is 6. The first kappa shape index (κ1) is 22.7. The third-order valence-electron chi connectivity index (χ3n) is 5.59. The van der Waals surface area contributed by atoms with Gasteiger partial charge in [0, 0.05) is 56.3 Å². The number of carbonyl (C=O) groups excluding carboxylic acids is 4. The van der Waals surface area contributed by atoms with Crippen LogP contribution in [0.5, 0.6) is 0 Å². The van der Waals surface area contributed by atoms with Crippen LogP contribution in [0, 0.1) is 0 Å². The van der Waals surface area contributed by atoms with Gasteiger partial charge in [-0.15, -0.1) is 0 Å². The fraction of sp³-hybridized carbons (Fsp3) is 0.292. The van der Waals surface area contributed by atoms with Crippen LogP contribution in [0.1, 0.15) is 25.3 Å². The van der Waals surface area contributed by atoms with E-state index < -0.39 is 0 Å². The van der Waals surface area contributed by atoms with E-state index in [1.807, 2.05) is 29.2 Å². The van der Waals surface area contributed by atoms with Crippen molar-refractivity contribution in [1.82, 2.24) is 15.2 Å². The van der Waals surface area contributed by atoms with Crippen molar-refractivity contribution in [2.75, 3.05) is 31.1 Å². The molecule has 1 aromatic heterocycles. The van der Waals surface area contributed by atoms with Crippen molar-refractivity contribution >= 4 is 57.3 Å². The zero-order valence-corrected chi connectivity index (χ0v) is 19.1. The van der Waals surface area contributed by atoms with E-state index in [0.717, 1.165) is 33.9 Å². The van der Waals surface area contributed by atoms with Gasteiger partial charge >= 0.3 is 0 Å². The Bertz CT molecular complexity index is 1180. The largest absolute Gasteiger partial charge is 0.367 e. The molecule has 0 saturated carbocycles. The molecule has 3 amide bonds. The molecule has 0 atom stereocenters. The molecule has 170 valence electrons. The molecule has 2 fully saturated rings. The first-order chi connectivity index (χ1) is 15.9. The number of carbonyl (C=O) groups is 4. The van der Waals surface area contributed by atoms with Gasteiger partial charge in [0.15, 0.2) is 5.78 Å². The minimum absolute atomic E-state index is 0.00267. The highest BCUT2D eigenvalue weighted by molar-refractivity contribution is 8.18. The molecule has 0 bridgehead atoms. The Labute approximate surface area is 195 Å². The summed E-state index contributed by atoms with van der Waals surface area (Å²) in [4.78, 5) is 56.3. The predicted molar refractivity (Wildman–Crippen MR) is 129 cm³/mol. The molecule has 3 heterocycles. The van der Waals surface area contributed by atoms with Crippen molar-refractivity contribution in [3.63, 3.8) is 0 Å². The molecule has 2 aliphatic heterocycles. The topological polar surface area (TPSA) is 99.7 Å². The van der Waals surface area contributed by atoms with Crippen LogP contribution in [-0.4, -0.2) is 58.9 Å². The van der Waals surface area contributed by atoms with Crippen molar-refractivity contribution < 1.29 is 19.2 Å². The Hall–Kier alpha value is -3.46. The molecule has 1 N–H and O–H groups in total. The molecular weight excluding hydrogens is 440 g/mol. The van der Waals surface area contributed by atoms with Gasteiger partial charge in [-0.2, -0.15) is 0 Å². The van der Waals surface area contributed by atoms with E-state index in [-0.39, 0.29) is 35.7 Å². The summed E-state index contributed by atoms with van der Waals surface area (Å²) in [7, 11) is 0. The van der Waals surface area contributed by atoms with E-state index in [0.29, 0.717) is 31.1 Å². The Kier molecular flexibility index (Phi) is 6.88. The van der Waals surface area contributed by atoms with Gasteiger partial charge in [-0.1, -0.05) is 12.1 Å². The number of ketones is 1. The van der Waals surface area contributed by atoms with Crippen molar-refractivity contribution in [3.8, 4) is 0 Å². The van der Waals surface area contributed by atoms with E-state index in [4.69, 9.17) is 0 Å². The molecule has 0 radical (unpaired) electrons. The summed E-state index contributed by atoms with van der Waals surface area (Å²) in [5, 5.41) is 2.84. The van der Waals surface area contributed by atoms with Crippen LogP contribution in [-0.2, 0) is 14.4 Å². The molecule has 1 aromatic carbocycles. The number of pyridine rings is 1. The Morgan fingerprint density at radius 1 is 1.12 bits per heavy atom. The second-order valence-corrected chi connectivity index (χ2v) is 8.81. The molecule has 8 nitrogen and oxygen atoms in total. The van der Waals surface area contributed by atoms with Crippen LogP contribution >= 0.6 is 11.8 Å². The molecule has 0 unspecified atom stereocenters. The zero-order valence-electron chi connectivity index (χ0n) is 18.2. The number of hydrogen-bond donors (Lipinski definition) is 1. The van der Waals surface area contributed by atoms with Crippen LogP contribution < -0.4 is 10.2 Å². The molecule has 2 saturated heterocycles. The SMILES string of the molecule is C/C=C/C(=O)CCC(=O)N1CCN(c2ccnc3ccc(/C=C4\SC(=O)NC4=O)cc23)CC1. The van der Waals surface area contributed by atoms with Gasteiger partial charge in [-0.3, -0.25) is 29.5 Å².